The zero-order valence-corrected chi connectivity index (χ0v) is 21.3. The average Bonchev–Trinajstić information content (AvgIpc) is 3.42. The SMILES string of the molecule is O=C(Nc1ccc(Oc2ccnc(Nc3cccc([N+](=O)[O-])c3)n2)c(F)c1)c1cnn(-c2ccc(F)cc2)c1C(F)(F)F. The fraction of sp³-hybridized carbons (Fsp3) is 0.0370. The first-order valence-electron chi connectivity index (χ1n) is 12.0. The molecule has 0 aliphatic carbocycles. The van der Waals surface area contributed by atoms with Gasteiger partial charge in [-0.1, -0.05) is 6.07 Å². The Morgan fingerprint density at radius 1 is 0.977 bits per heavy atom. The van der Waals surface area contributed by atoms with E-state index in [0.717, 1.165) is 36.4 Å². The highest BCUT2D eigenvalue weighted by molar-refractivity contribution is 6.05. The van der Waals surface area contributed by atoms with Crippen molar-refractivity contribution in [1.29, 1.82) is 0 Å². The number of benzene rings is 3. The fourth-order valence-electron chi connectivity index (χ4n) is 3.82. The van der Waals surface area contributed by atoms with Crippen LogP contribution >= 0.6 is 0 Å². The monoisotopic (exact) mass is 597 g/mol. The molecule has 43 heavy (non-hydrogen) atoms. The van der Waals surface area contributed by atoms with Gasteiger partial charge in [-0.15, -0.1) is 0 Å². The number of hydrogen-bond acceptors (Lipinski definition) is 8. The van der Waals surface area contributed by atoms with Gasteiger partial charge in [-0.3, -0.25) is 14.9 Å². The van der Waals surface area contributed by atoms with E-state index in [9.17, 15) is 36.9 Å². The van der Waals surface area contributed by atoms with E-state index in [2.05, 4.69) is 25.7 Å². The van der Waals surface area contributed by atoms with E-state index in [0.29, 0.717) is 16.6 Å². The van der Waals surface area contributed by atoms with E-state index < -0.39 is 39.9 Å². The average molecular weight is 597 g/mol. The van der Waals surface area contributed by atoms with Gasteiger partial charge in [-0.05, 0) is 42.5 Å². The number of nitro benzene ring substituents is 1. The van der Waals surface area contributed by atoms with Crippen molar-refractivity contribution in [2.75, 3.05) is 10.6 Å². The summed E-state index contributed by atoms with van der Waals surface area (Å²) in [5.74, 6) is -3.33. The van der Waals surface area contributed by atoms with Crippen molar-refractivity contribution in [2.45, 2.75) is 6.18 Å². The van der Waals surface area contributed by atoms with Gasteiger partial charge >= 0.3 is 6.18 Å². The Kier molecular flexibility index (Phi) is 7.66. The summed E-state index contributed by atoms with van der Waals surface area (Å²) >= 11 is 0. The highest BCUT2D eigenvalue weighted by Crippen LogP contribution is 2.34. The minimum absolute atomic E-state index is 0.0102. The lowest BCUT2D eigenvalue weighted by molar-refractivity contribution is -0.384. The molecule has 2 aromatic heterocycles. The van der Waals surface area contributed by atoms with Gasteiger partial charge in [0.1, 0.15) is 5.82 Å². The Hall–Kier alpha value is -5.93. The third-order valence-corrected chi connectivity index (χ3v) is 5.70. The van der Waals surface area contributed by atoms with Crippen LogP contribution in [-0.2, 0) is 6.18 Å². The van der Waals surface area contributed by atoms with Gasteiger partial charge < -0.3 is 15.4 Å². The number of amides is 1. The predicted molar refractivity (Wildman–Crippen MR) is 141 cm³/mol. The molecule has 0 saturated carbocycles. The summed E-state index contributed by atoms with van der Waals surface area (Å²) in [5, 5.41) is 19.6. The van der Waals surface area contributed by atoms with Crippen LogP contribution in [0.15, 0.2) is 85.2 Å². The molecule has 0 aliphatic rings. The molecule has 0 fully saturated rings. The van der Waals surface area contributed by atoms with Crippen molar-refractivity contribution in [3.63, 3.8) is 0 Å². The van der Waals surface area contributed by atoms with Crippen LogP contribution in [0.4, 0.5) is 45.0 Å². The third-order valence-electron chi connectivity index (χ3n) is 5.70. The fourth-order valence-corrected chi connectivity index (χ4v) is 3.82. The Morgan fingerprint density at radius 3 is 2.44 bits per heavy atom. The van der Waals surface area contributed by atoms with Crippen LogP contribution in [0.3, 0.4) is 0 Å². The van der Waals surface area contributed by atoms with Crippen LogP contribution in [0.2, 0.25) is 0 Å². The number of rotatable bonds is 8. The molecule has 0 radical (unpaired) electrons. The van der Waals surface area contributed by atoms with Gasteiger partial charge in [0.05, 0.1) is 22.4 Å². The lowest BCUT2D eigenvalue weighted by Crippen LogP contribution is -2.20. The number of non-ortho nitro benzene ring substituents is 1. The maximum absolute atomic E-state index is 14.9. The number of alkyl halides is 3. The molecule has 2 N–H and O–H groups in total. The summed E-state index contributed by atoms with van der Waals surface area (Å²) in [4.78, 5) is 31.2. The molecular formula is C27H16F5N7O4. The van der Waals surface area contributed by atoms with E-state index in [4.69, 9.17) is 4.74 Å². The highest BCUT2D eigenvalue weighted by atomic mass is 19.4. The van der Waals surface area contributed by atoms with Gasteiger partial charge in [0.2, 0.25) is 11.8 Å². The number of aromatic nitrogens is 4. The van der Waals surface area contributed by atoms with E-state index in [-0.39, 0.29) is 34.6 Å². The second kappa shape index (κ2) is 11.5. The zero-order chi connectivity index (χ0) is 30.7. The van der Waals surface area contributed by atoms with Gasteiger partial charge in [-0.2, -0.15) is 23.3 Å². The minimum atomic E-state index is -5.01. The second-order valence-electron chi connectivity index (χ2n) is 8.65. The van der Waals surface area contributed by atoms with E-state index in [1.54, 1.807) is 6.07 Å². The third kappa shape index (κ3) is 6.53. The first-order valence-corrected chi connectivity index (χ1v) is 12.0. The van der Waals surface area contributed by atoms with Crippen LogP contribution in [0.5, 0.6) is 11.6 Å². The molecule has 2 heterocycles. The topological polar surface area (TPSA) is 137 Å². The van der Waals surface area contributed by atoms with Gasteiger partial charge in [-0.25, -0.2) is 18.4 Å². The Bertz CT molecular complexity index is 1830. The number of nitrogens with one attached hydrogen (secondary N) is 2. The van der Waals surface area contributed by atoms with Crippen LogP contribution in [0, 0.1) is 21.7 Å². The van der Waals surface area contributed by atoms with Crippen molar-refractivity contribution >= 4 is 28.9 Å². The van der Waals surface area contributed by atoms with E-state index >= 15 is 0 Å². The molecule has 16 heteroatoms. The number of hydrogen-bond donors (Lipinski definition) is 2. The molecule has 0 atom stereocenters. The first-order chi connectivity index (χ1) is 20.5. The summed E-state index contributed by atoms with van der Waals surface area (Å²) in [6, 6.07) is 14.0. The Morgan fingerprint density at radius 2 is 1.74 bits per heavy atom. The normalized spacial score (nSPS) is 11.2. The van der Waals surface area contributed by atoms with Crippen molar-refractivity contribution in [1.82, 2.24) is 19.7 Å². The maximum Gasteiger partial charge on any atom is 0.434 e. The van der Waals surface area contributed by atoms with Gasteiger partial charge in [0.15, 0.2) is 17.3 Å². The van der Waals surface area contributed by atoms with E-state index in [1.165, 1.54) is 36.5 Å². The molecule has 0 bridgehead atoms. The van der Waals surface area contributed by atoms with Crippen LogP contribution in [0.1, 0.15) is 16.1 Å². The molecule has 0 aliphatic heterocycles. The first kappa shape index (κ1) is 28.6. The van der Waals surface area contributed by atoms with Crippen molar-refractivity contribution in [3.05, 3.63) is 118 Å². The smallest absolute Gasteiger partial charge is 0.434 e. The van der Waals surface area contributed by atoms with Crippen molar-refractivity contribution < 1.29 is 36.4 Å². The number of nitrogens with zero attached hydrogens (tertiary/aromatic N) is 5. The molecule has 5 aromatic rings. The molecule has 0 saturated heterocycles. The lowest BCUT2D eigenvalue weighted by atomic mass is 10.2. The predicted octanol–water partition coefficient (Wildman–Crippen LogP) is 6.66. The van der Waals surface area contributed by atoms with Crippen molar-refractivity contribution in [3.8, 4) is 17.3 Å². The standard InChI is InChI=1S/C27H16F5N7O4/c28-15-4-7-18(8-5-15)38-24(27(30,31)32)20(14-34-38)25(40)35-17-6-9-22(21(29)13-17)43-23-10-11-33-26(37-23)36-16-2-1-3-19(12-16)39(41)42/h1-14H,(H,35,40)(H,33,36,37). The van der Waals surface area contributed by atoms with Crippen molar-refractivity contribution in [2.24, 2.45) is 0 Å². The van der Waals surface area contributed by atoms with Gasteiger partial charge in [0.25, 0.3) is 11.6 Å². The quantitative estimate of drug-likeness (QED) is 0.115. The number of carbonyl (C=O) groups is 1. The number of nitro groups is 1. The summed E-state index contributed by atoms with van der Waals surface area (Å²) in [7, 11) is 0. The zero-order valence-electron chi connectivity index (χ0n) is 21.3. The number of anilines is 3. The molecule has 218 valence electrons. The molecule has 11 nitrogen and oxygen atoms in total. The molecule has 0 unspecified atom stereocenters. The lowest BCUT2D eigenvalue weighted by Gasteiger charge is -2.13. The Labute approximate surface area is 237 Å². The molecular weight excluding hydrogens is 581 g/mol. The summed E-state index contributed by atoms with van der Waals surface area (Å²) in [6.45, 7) is 0. The number of carbonyl (C=O) groups excluding carboxylic acids is 1. The van der Waals surface area contributed by atoms with Crippen LogP contribution in [0.25, 0.3) is 5.69 Å². The Balaban J connectivity index is 1.31. The second-order valence-corrected chi connectivity index (χ2v) is 8.65. The summed E-state index contributed by atoms with van der Waals surface area (Å²) < 4.78 is 75.7. The largest absolute Gasteiger partial charge is 0.436 e. The highest BCUT2D eigenvalue weighted by Gasteiger charge is 2.40. The molecule has 3 aromatic carbocycles. The van der Waals surface area contributed by atoms with Crippen LogP contribution < -0.4 is 15.4 Å². The summed E-state index contributed by atoms with van der Waals surface area (Å²) in [6.07, 6.45) is -3.02. The van der Waals surface area contributed by atoms with E-state index in [1.807, 2.05) is 0 Å². The molecule has 1 amide bonds. The summed E-state index contributed by atoms with van der Waals surface area (Å²) in [5.41, 5.74) is -2.42. The van der Waals surface area contributed by atoms with Gasteiger partial charge in [0, 0.05) is 41.8 Å². The maximum atomic E-state index is 14.9. The number of halogens is 5. The minimum Gasteiger partial charge on any atom is -0.436 e. The van der Waals surface area contributed by atoms with Crippen LogP contribution in [-0.4, -0.2) is 30.6 Å². The molecule has 5 rings (SSSR count). The number of ether oxygens (including phenoxy) is 1. The molecule has 0 spiro atoms.